The fraction of sp³-hybridized carbons (Fsp3) is 0.417. The number of aryl methyl sites for hydroxylation is 2. The Morgan fingerprint density at radius 1 is 1.24 bits per heavy atom. The lowest BCUT2D eigenvalue weighted by atomic mass is 10.3. The number of rotatable bonds is 5. The summed E-state index contributed by atoms with van der Waals surface area (Å²) in [6.07, 6.45) is 0.258. The van der Waals surface area contributed by atoms with Crippen molar-refractivity contribution in [2.75, 3.05) is 11.6 Å². The Bertz CT molecular complexity index is 641. The van der Waals surface area contributed by atoms with Crippen molar-refractivity contribution in [3.05, 3.63) is 29.6 Å². The van der Waals surface area contributed by atoms with E-state index in [0.29, 0.717) is 5.82 Å². The van der Waals surface area contributed by atoms with Gasteiger partial charge in [-0.3, -0.25) is 0 Å². The normalized spacial score (nSPS) is 12.3. The molecule has 0 aliphatic rings. The van der Waals surface area contributed by atoms with E-state index in [1.54, 1.807) is 0 Å². The van der Waals surface area contributed by atoms with Crippen molar-refractivity contribution in [2.24, 2.45) is 0 Å². The number of hydrogen-bond donors (Lipinski definition) is 0. The van der Waals surface area contributed by atoms with Gasteiger partial charge >= 0.3 is 5.51 Å². The van der Waals surface area contributed by atoms with Crippen LogP contribution in [0.2, 0.25) is 0 Å². The maximum absolute atomic E-state index is 13.9. The molecule has 1 aromatic heterocycles. The second-order valence-electron chi connectivity index (χ2n) is 4.14. The van der Waals surface area contributed by atoms with Crippen LogP contribution in [-0.2, 0) is 13.0 Å². The van der Waals surface area contributed by atoms with E-state index in [4.69, 9.17) is 11.6 Å². The van der Waals surface area contributed by atoms with Crippen molar-refractivity contribution in [1.82, 2.24) is 9.55 Å². The molecule has 0 saturated heterocycles. The molecule has 0 unspecified atom stereocenters. The third kappa shape index (κ3) is 3.79. The molecule has 0 aliphatic carbocycles. The van der Waals surface area contributed by atoms with E-state index in [1.165, 1.54) is 10.6 Å². The molecule has 0 aliphatic heterocycles. The van der Waals surface area contributed by atoms with Gasteiger partial charge in [-0.05, 0) is 23.9 Å². The largest absolute Gasteiger partial charge is 0.441 e. The minimum Gasteiger partial charge on any atom is -0.325 e. The first-order valence-corrected chi connectivity index (χ1v) is 7.45. The molecule has 0 saturated carbocycles. The molecule has 0 bridgehead atoms. The monoisotopic (exact) mass is 344 g/mol. The van der Waals surface area contributed by atoms with E-state index >= 15 is 0 Å². The Balaban J connectivity index is 2.38. The Hall–Kier alpha value is -1.02. The van der Waals surface area contributed by atoms with Crippen LogP contribution in [-0.4, -0.2) is 26.7 Å². The number of imidazole rings is 1. The van der Waals surface area contributed by atoms with Gasteiger partial charge in [0.05, 0.1) is 5.52 Å². The van der Waals surface area contributed by atoms with E-state index < -0.39 is 17.1 Å². The lowest BCUT2D eigenvalue weighted by Gasteiger charge is -2.10. The van der Waals surface area contributed by atoms with Gasteiger partial charge in [-0.25, -0.2) is 13.8 Å². The lowest BCUT2D eigenvalue weighted by molar-refractivity contribution is -0.0328. The van der Waals surface area contributed by atoms with E-state index in [9.17, 15) is 22.0 Å². The number of hydrogen-bond acceptors (Lipinski definition) is 2. The highest BCUT2D eigenvalue weighted by molar-refractivity contribution is 8.00. The SMILES string of the molecule is Fc1ccc2nc(CCCl)n(CCSC(F)(F)F)c2c1F. The van der Waals surface area contributed by atoms with Crippen LogP contribution in [0, 0.1) is 11.6 Å². The number of benzene rings is 1. The minimum absolute atomic E-state index is 0.127. The second kappa shape index (κ2) is 6.39. The third-order valence-electron chi connectivity index (χ3n) is 2.78. The average Bonchev–Trinajstić information content (AvgIpc) is 2.72. The summed E-state index contributed by atoms with van der Waals surface area (Å²) in [6, 6.07) is 2.23. The average molecular weight is 345 g/mol. The number of fused-ring (bicyclic) bond motifs is 1. The smallest absolute Gasteiger partial charge is 0.325 e. The summed E-state index contributed by atoms with van der Waals surface area (Å²) in [5.74, 6) is -1.98. The maximum atomic E-state index is 13.9. The van der Waals surface area contributed by atoms with Crippen LogP contribution in [0.5, 0.6) is 0 Å². The molecule has 9 heteroatoms. The first-order valence-electron chi connectivity index (χ1n) is 5.93. The van der Waals surface area contributed by atoms with E-state index in [1.807, 2.05) is 0 Å². The van der Waals surface area contributed by atoms with Gasteiger partial charge in [0, 0.05) is 24.6 Å². The molecule has 1 aromatic carbocycles. The zero-order valence-electron chi connectivity index (χ0n) is 10.6. The zero-order valence-corrected chi connectivity index (χ0v) is 12.1. The highest BCUT2D eigenvalue weighted by atomic mass is 35.5. The van der Waals surface area contributed by atoms with Crippen LogP contribution in [0.25, 0.3) is 11.0 Å². The lowest BCUT2D eigenvalue weighted by Crippen LogP contribution is -2.11. The standard InChI is InChI=1S/C12H10ClF5N2S/c13-4-3-9-19-8-2-1-7(14)10(15)11(8)20(9)5-6-21-12(16,17)18/h1-2H,3-6H2. The van der Waals surface area contributed by atoms with Gasteiger partial charge < -0.3 is 4.57 Å². The van der Waals surface area contributed by atoms with Gasteiger partial charge in [-0.1, -0.05) is 0 Å². The summed E-state index contributed by atoms with van der Waals surface area (Å²) in [4.78, 5) is 4.10. The minimum atomic E-state index is -4.37. The molecule has 2 nitrogen and oxygen atoms in total. The summed E-state index contributed by atoms with van der Waals surface area (Å²) in [7, 11) is 0. The number of thioether (sulfide) groups is 1. The molecule has 21 heavy (non-hydrogen) atoms. The number of aromatic nitrogens is 2. The summed E-state index contributed by atoms with van der Waals surface area (Å²) < 4.78 is 65.0. The fourth-order valence-electron chi connectivity index (χ4n) is 1.97. The predicted molar refractivity (Wildman–Crippen MR) is 72.6 cm³/mol. The highest BCUT2D eigenvalue weighted by Crippen LogP contribution is 2.31. The molecule has 0 atom stereocenters. The van der Waals surface area contributed by atoms with Gasteiger partial charge in [-0.15, -0.1) is 11.6 Å². The summed E-state index contributed by atoms with van der Waals surface area (Å²) in [6.45, 7) is -0.132. The Kier molecular flexibility index (Phi) is 4.98. The van der Waals surface area contributed by atoms with Gasteiger partial charge in [0.2, 0.25) is 0 Å². The molecule has 1 heterocycles. The van der Waals surface area contributed by atoms with Crippen molar-refractivity contribution in [3.63, 3.8) is 0 Å². The molecule has 0 amide bonds. The van der Waals surface area contributed by atoms with Gasteiger partial charge in [0.1, 0.15) is 11.3 Å². The first-order chi connectivity index (χ1) is 9.83. The highest BCUT2D eigenvalue weighted by Gasteiger charge is 2.28. The fourth-order valence-corrected chi connectivity index (χ4v) is 2.65. The van der Waals surface area contributed by atoms with Gasteiger partial charge in [0.15, 0.2) is 11.6 Å². The molecule has 116 valence electrons. The van der Waals surface area contributed by atoms with Crippen LogP contribution in [0.4, 0.5) is 22.0 Å². The number of nitrogens with zero attached hydrogens (tertiary/aromatic N) is 2. The quantitative estimate of drug-likeness (QED) is 0.593. The van der Waals surface area contributed by atoms with Crippen molar-refractivity contribution < 1.29 is 22.0 Å². The van der Waals surface area contributed by atoms with Crippen LogP contribution in [0.1, 0.15) is 5.82 Å². The van der Waals surface area contributed by atoms with Crippen LogP contribution >= 0.6 is 23.4 Å². The third-order valence-corrected chi connectivity index (χ3v) is 3.68. The van der Waals surface area contributed by atoms with Crippen molar-refractivity contribution in [3.8, 4) is 0 Å². The molecule has 0 fully saturated rings. The second-order valence-corrected chi connectivity index (χ2v) is 5.68. The molecular weight excluding hydrogens is 335 g/mol. The van der Waals surface area contributed by atoms with Crippen LogP contribution in [0.3, 0.4) is 0 Å². The molecule has 0 spiro atoms. The van der Waals surface area contributed by atoms with E-state index in [0.717, 1.165) is 6.07 Å². The van der Waals surface area contributed by atoms with Gasteiger partial charge in [-0.2, -0.15) is 13.2 Å². The molecular formula is C12H10ClF5N2S. The van der Waals surface area contributed by atoms with Crippen LogP contribution in [0.15, 0.2) is 12.1 Å². The summed E-state index contributed by atoms with van der Waals surface area (Å²) in [5, 5.41) is 0. The number of alkyl halides is 4. The topological polar surface area (TPSA) is 17.8 Å². The summed E-state index contributed by atoms with van der Waals surface area (Å²) >= 11 is 5.39. The van der Waals surface area contributed by atoms with Crippen molar-refractivity contribution in [2.45, 2.75) is 18.5 Å². The molecule has 2 aromatic rings. The Morgan fingerprint density at radius 3 is 2.57 bits per heavy atom. The molecule has 2 rings (SSSR count). The van der Waals surface area contributed by atoms with Crippen LogP contribution < -0.4 is 0 Å². The van der Waals surface area contributed by atoms with Gasteiger partial charge in [0.25, 0.3) is 0 Å². The predicted octanol–water partition coefficient (Wildman–Crippen LogP) is 4.35. The zero-order chi connectivity index (χ0) is 15.6. The maximum Gasteiger partial charge on any atom is 0.441 e. The van der Waals surface area contributed by atoms with E-state index in [-0.39, 0.29) is 47.4 Å². The Labute approximate surface area is 126 Å². The first kappa shape index (κ1) is 16.4. The van der Waals surface area contributed by atoms with Crippen molar-refractivity contribution >= 4 is 34.4 Å². The Morgan fingerprint density at radius 2 is 1.95 bits per heavy atom. The number of halogens is 6. The van der Waals surface area contributed by atoms with Crippen molar-refractivity contribution in [1.29, 1.82) is 0 Å². The van der Waals surface area contributed by atoms with E-state index in [2.05, 4.69) is 4.98 Å². The molecule has 0 N–H and O–H groups in total. The molecule has 0 radical (unpaired) electrons. The summed E-state index contributed by atoms with van der Waals surface area (Å²) in [5.41, 5.74) is -4.30.